The van der Waals surface area contributed by atoms with Crippen molar-refractivity contribution in [3.8, 4) is 11.6 Å². The number of hydrogen-bond donors (Lipinski definition) is 3. The third-order valence-electron chi connectivity index (χ3n) is 11.7. The fraction of sp³-hybridized carbons (Fsp3) is 0.634. The molecule has 0 radical (unpaired) electrons. The largest absolute Gasteiger partial charge is 0.494 e. The highest BCUT2D eigenvalue weighted by molar-refractivity contribution is 7.91. The minimum absolute atomic E-state index is 0.0288. The van der Waals surface area contributed by atoms with Crippen LogP contribution in [0.4, 0.5) is 10.5 Å². The number of amides is 4. The minimum Gasteiger partial charge on any atom is -0.494 e. The maximum Gasteiger partial charge on any atom is 0.408 e. The van der Waals surface area contributed by atoms with Crippen molar-refractivity contribution < 1.29 is 41.8 Å². The smallest absolute Gasteiger partial charge is 0.408 e. The molecule has 0 bridgehead atoms. The number of anilines is 1. The molecule has 312 valence electrons. The molecule has 7 unspecified atom stereocenters. The number of nitrogens with one attached hydrogen (secondary N) is 3. The topological polar surface area (TPSA) is 186 Å². The summed E-state index contributed by atoms with van der Waals surface area (Å²) in [6.45, 7) is 10.7. The van der Waals surface area contributed by atoms with E-state index in [1.807, 2.05) is 56.3 Å². The summed E-state index contributed by atoms with van der Waals surface area (Å²) in [4.78, 5) is 64.6. The molecule has 16 heteroatoms. The Bertz CT molecular complexity index is 2040. The lowest BCUT2D eigenvalue weighted by molar-refractivity contribution is -0.142. The van der Waals surface area contributed by atoms with Gasteiger partial charge < -0.3 is 34.6 Å². The van der Waals surface area contributed by atoms with Crippen LogP contribution in [0.3, 0.4) is 0 Å². The van der Waals surface area contributed by atoms with E-state index in [-0.39, 0.29) is 37.1 Å². The van der Waals surface area contributed by atoms with Crippen LogP contribution in [-0.4, -0.2) is 104 Å². The fourth-order valence-corrected chi connectivity index (χ4v) is 9.22. The first-order valence-corrected chi connectivity index (χ1v) is 21.3. The predicted molar refractivity (Wildman–Crippen MR) is 215 cm³/mol. The van der Waals surface area contributed by atoms with E-state index >= 15 is 0 Å². The van der Waals surface area contributed by atoms with Gasteiger partial charge in [-0.25, -0.2) is 18.2 Å². The summed E-state index contributed by atoms with van der Waals surface area (Å²) in [7, 11) is 1.42. The first-order chi connectivity index (χ1) is 26.7. The van der Waals surface area contributed by atoms with Crippen LogP contribution >= 0.6 is 0 Å². The monoisotopic (exact) mass is 810 g/mol. The third-order valence-corrected chi connectivity index (χ3v) is 13.9. The highest BCUT2D eigenvalue weighted by atomic mass is 32.2. The average molecular weight is 811 g/mol. The second-order valence-electron chi connectivity index (χ2n) is 17.8. The van der Waals surface area contributed by atoms with Crippen LogP contribution in [0.5, 0.6) is 11.6 Å². The van der Waals surface area contributed by atoms with Gasteiger partial charge in [-0.2, -0.15) is 0 Å². The Morgan fingerprint density at radius 2 is 1.81 bits per heavy atom. The van der Waals surface area contributed by atoms with Crippen molar-refractivity contribution in [3.63, 3.8) is 0 Å². The molecule has 4 aliphatic rings. The summed E-state index contributed by atoms with van der Waals surface area (Å²) in [5.74, 6) is -1.77. The molecule has 2 aliphatic carbocycles. The molecule has 3 fully saturated rings. The number of carbonyl (C=O) groups excluding carboxylic acids is 4. The van der Waals surface area contributed by atoms with Crippen molar-refractivity contribution in [2.24, 2.45) is 17.8 Å². The number of hydrogen-bond acceptors (Lipinski definition) is 11. The van der Waals surface area contributed by atoms with E-state index in [0.29, 0.717) is 36.8 Å². The molecule has 7 atom stereocenters. The first-order valence-electron chi connectivity index (χ1n) is 19.8. The molecule has 15 nitrogen and oxygen atoms in total. The van der Waals surface area contributed by atoms with E-state index in [0.717, 1.165) is 17.5 Å². The Balaban J connectivity index is 1.36. The molecular formula is C41H58N6O9S. The fourth-order valence-electron chi connectivity index (χ4n) is 7.90. The van der Waals surface area contributed by atoms with Gasteiger partial charge in [-0.05, 0) is 96.3 Å². The van der Waals surface area contributed by atoms with E-state index in [4.69, 9.17) is 14.2 Å². The van der Waals surface area contributed by atoms with E-state index in [1.54, 1.807) is 41.0 Å². The highest BCUT2D eigenvalue weighted by Gasteiger charge is 2.63. The van der Waals surface area contributed by atoms with Crippen molar-refractivity contribution in [2.75, 3.05) is 32.6 Å². The molecule has 2 aromatic rings. The summed E-state index contributed by atoms with van der Waals surface area (Å²) >= 11 is 0. The van der Waals surface area contributed by atoms with Gasteiger partial charge in [0.15, 0.2) is 0 Å². The van der Waals surface area contributed by atoms with Crippen molar-refractivity contribution in [1.82, 2.24) is 25.2 Å². The number of fused-ring (bicyclic) bond motifs is 3. The van der Waals surface area contributed by atoms with Crippen LogP contribution < -0.4 is 29.7 Å². The molecule has 2 aliphatic heterocycles. The van der Waals surface area contributed by atoms with Crippen molar-refractivity contribution in [2.45, 2.75) is 121 Å². The molecule has 1 aromatic carbocycles. The Morgan fingerprint density at radius 1 is 1.09 bits per heavy atom. The molecule has 3 heterocycles. The second-order valence-corrected chi connectivity index (χ2v) is 20.0. The van der Waals surface area contributed by atoms with E-state index in [1.165, 1.54) is 4.90 Å². The summed E-state index contributed by atoms with van der Waals surface area (Å²) in [6.07, 6.45) is 7.02. The number of rotatable bonds is 8. The van der Waals surface area contributed by atoms with Crippen molar-refractivity contribution in [3.05, 3.63) is 36.5 Å². The zero-order valence-corrected chi connectivity index (χ0v) is 35.3. The number of methoxy groups -OCH3 is 1. The Hall–Kier alpha value is -4.60. The zero-order valence-electron chi connectivity index (χ0n) is 34.5. The molecule has 1 saturated heterocycles. The van der Waals surface area contributed by atoms with E-state index in [9.17, 15) is 27.6 Å². The third kappa shape index (κ3) is 8.95. The highest BCUT2D eigenvalue weighted by Crippen LogP contribution is 2.48. The first kappa shape index (κ1) is 42.0. The molecule has 4 amide bonds. The Kier molecular flexibility index (Phi) is 11.5. The number of carbonyl (C=O) groups is 4. The van der Waals surface area contributed by atoms with Crippen molar-refractivity contribution in [1.29, 1.82) is 0 Å². The average Bonchev–Trinajstić information content (AvgIpc) is 4.01. The number of aromatic nitrogens is 1. The maximum absolute atomic E-state index is 14.8. The quantitative estimate of drug-likeness (QED) is 0.321. The van der Waals surface area contributed by atoms with Crippen LogP contribution in [0.1, 0.15) is 86.5 Å². The van der Waals surface area contributed by atoms with Gasteiger partial charge in [-0.3, -0.25) is 19.1 Å². The van der Waals surface area contributed by atoms with E-state index in [2.05, 4.69) is 27.3 Å². The van der Waals surface area contributed by atoms with Gasteiger partial charge in [0.1, 0.15) is 35.1 Å². The molecule has 6 rings (SSSR count). The van der Waals surface area contributed by atoms with Gasteiger partial charge in [0.05, 0.1) is 24.6 Å². The summed E-state index contributed by atoms with van der Waals surface area (Å²) < 4.78 is 45.4. The predicted octanol–water partition coefficient (Wildman–Crippen LogP) is 4.44. The number of pyridine rings is 1. The SMILES string of the molecule is COc1cnc(OC2CC3C(=O)NC4(C(=O)NS(=O)(=O)C5(C)CC5)CC4C=CCCC(C)CC(C)C(NC(=O)OC(C)(C)C)C(=O)N3C2)c2ccc(N(C)C)cc12. The van der Waals surface area contributed by atoms with Gasteiger partial charge in [0.25, 0.3) is 5.91 Å². The Morgan fingerprint density at radius 3 is 2.46 bits per heavy atom. The lowest BCUT2D eigenvalue weighted by Gasteiger charge is -2.33. The van der Waals surface area contributed by atoms with E-state index < -0.39 is 73.8 Å². The van der Waals surface area contributed by atoms with Gasteiger partial charge in [-0.1, -0.05) is 26.0 Å². The Labute approximate surface area is 335 Å². The number of sulfonamides is 1. The molecular weight excluding hydrogens is 753 g/mol. The molecule has 3 N–H and O–H groups in total. The second kappa shape index (κ2) is 15.6. The lowest BCUT2D eigenvalue weighted by atomic mass is 9.88. The zero-order chi connectivity index (χ0) is 41.7. The number of nitrogens with zero attached hydrogens (tertiary/aromatic N) is 3. The van der Waals surface area contributed by atoms with Gasteiger partial charge >= 0.3 is 6.09 Å². The van der Waals surface area contributed by atoms with Gasteiger partial charge in [0.2, 0.25) is 27.7 Å². The molecule has 2 saturated carbocycles. The maximum atomic E-state index is 14.8. The van der Waals surface area contributed by atoms with Crippen molar-refractivity contribution >= 4 is 50.3 Å². The van der Waals surface area contributed by atoms with Crippen LogP contribution in [0, 0.1) is 17.8 Å². The lowest BCUT2D eigenvalue weighted by Crippen LogP contribution is -2.59. The van der Waals surface area contributed by atoms with Crippen LogP contribution in [0.15, 0.2) is 36.5 Å². The number of alkyl carbamates (subject to hydrolysis) is 1. The number of ether oxygens (including phenoxy) is 3. The van der Waals surface area contributed by atoms with Gasteiger partial charge in [0, 0.05) is 42.9 Å². The van der Waals surface area contributed by atoms with Crippen LogP contribution in [-0.2, 0) is 29.1 Å². The molecule has 1 aromatic heterocycles. The summed E-state index contributed by atoms with van der Waals surface area (Å²) in [5, 5.41) is 7.16. The normalized spacial score (nSPS) is 28.8. The summed E-state index contributed by atoms with van der Waals surface area (Å²) in [6, 6.07) is 3.57. The number of allylic oxidation sites excluding steroid dienone is 1. The summed E-state index contributed by atoms with van der Waals surface area (Å²) in [5.41, 5.74) is -1.43. The van der Waals surface area contributed by atoms with Crippen LogP contribution in [0.25, 0.3) is 10.8 Å². The minimum atomic E-state index is -4.01. The molecule has 57 heavy (non-hydrogen) atoms. The van der Waals surface area contributed by atoms with Crippen LogP contribution in [0.2, 0.25) is 0 Å². The number of benzene rings is 1. The standard InChI is InChI=1S/C41H58N6O9S/c1-24-12-10-11-13-26-21-41(26,37(50)45-57(52,53)40(6)16-17-40)44-34(48)31-20-28(23-47(31)36(49)33(25(2)18-24)43-38(51)56-39(3,4)5)55-35-29-15-14-27(46(7)8)19-30(29)32(54-9)22-42-35/h11,13-15,19,22,24-26,28,31,33H,10,12,16-18,20-21,23H2,1-9H3,(H,43,51)(H,44,48)(H,45,50). The van der Waals surface area contributed by atoms with Gasteiger partial charge in [-0.15, -0.1) is 0 Å². The molecule has 0 spiro atoms.